The van der Waals surface area contributed by atoms with Crippen molar-refractivity contribution in [3.63, 3.8) is 0 Å². The van der Waals surface area contributed by atoms with E-state index in [1.54, 1.807) is 18.2 Å². The van der Waals surface area contributed by atoms with E-state index >= 15 is 0 Å². The molecule has 1 amide bonds. The lowest BCUT2D eigenvalue weighted by atomic mass is 10.2. The minimum Gasteiger partial charge on any atom is -0.494 e. The number of hydrogen-bond acceptors (Lipinski definition) is 4. The molecule has 1 heterocycles. The van der Waals surface area contributed by atoms with Gasteiger partial charge in [-0.05, 0) is 37.6 Å². The normalized spacial score (nSPS) is 10.3. The number of hydrogen-bond donors (Lipinski definition) is 2. The Bertz CT molecular complexity index is 656. The predicted octanol–water partition coefficient (Wildman–Crippen LogP) is 3.40. The Balaban J connectivity index is 2.06. The topological polar surface area (TPSA) is 77.2 Å². The number of ether oxygens (including phenoxy) is 1. The van der Waals surface area contributed by atoms with E-state index in [0.717, 1.165) is 24.3 Å². The molecule has 0 radical (unpaired) electrons. The van der Waals surface area contributed by atoms with Crippen molar-refractivity contribution in [2.75, 3.05) is 17.7 Å². The molecule has 5 nitrogen and oxygen atoms in total. The van der Waals surface area contributed by atoms with Gasteiger partial charge in [-0.2, -0.15) is 0 Å². The van der Waals surface area contributed by atoms with Crippen molar-refractivity contribution in [3.05, 3.63) is 47.7 Å². The second kappa shape index (κ2) is 7.45. The Hall–Kier alpha value is -2.56. The van der Waals surface area contributed by atoms with Crippen molar-refractivity contribution < 1.29 is 9.53 Å². The van der Waals surface area contributed by atoms with Gasteiger partial charge >= 0.3 is 0 Å². The lowest BCUT2D eigenvalue weighted by Gasteiger charge is -2.10. The Labute approximate surface area is 130 Å². The van der Waals surface area contributed by atoms with Gasteiger partial charge in [-0.15, -0.1) is 0 Å². The molecule has 3 N–H and O–H groups in total. The molecule has 0 aliphatic heterocycles. The highest BCUT2D eigenvalue weighted by Crippen LogP contribution is 2.19. The Morgan fingerprint density at radius 2 is 2.14 bits per heavy atom. The number of unbranched alkanes of at least 4 members (excludes halogenated alkanes) is 1. The second-order valence-corrected chi connectivity index (χ2v) is 5.07. The summed E-state index contributed by atoms with van der Waals surface area (Å²) in [6.45, 7) is 4.61. The van der Waals surface area contributed by atoms with E-state index in [2.05, 4.69) is 17.2 Å². The van der Waals surface area contributed by atoms with Gasteiger partial charge in [-0.3, -0.25) is 4.79 Å². The number of anilines is 2. The molecular weight excluding hydrogens is 278 g/mol. The fourth-order valence-corrected chi connectivity index (χ4v) is 1.97. The van der Waals surface area contributed by atoms with E-state index in [4.69, 9.17) is 10.5 Å². The third kappa shape index (κ3) is 4.22. The number of nitrogen functional groups attached to an aromatic ring is 1. The number of pyridine rings is 1. The molecule has 0 bridgehead atoms. The van der Waals surface area contributed by atoms with E-state index < -0.39 is 0 Å². The molecule has 1 aromatic heterocycles. The molecule has 1 aromatic carbocycles. The molecular formula is C17H21N3O2. The number of benzene rings is 1. The van der Waals surface area contributed by atoms with Gasteiger partial charge in [0.05, 0.1) is 12.2 Å². The van der Waals surface area contributed by atoms with Gasteiger partial charge in [-0.25, -0.2) is 4.98 Å². The van der Waals surface area contributed by atoms with Crippen LogP contribution in [0.15, 0.2) is 36.4 Å². The molecule has 116 valence electrons. The van der Waals surface area contributed by atoms with Gasteiger partial charge in [0.15, 0.2) is 0 Å². The molecule has 0 atom stereocenters. The van der Waals surface area contributed by atoms with Crippen molar-refractivity contribution in [2.24, 2.45) is 0 Å². The van der Waals surface area contributed by atoms with E-state index in [-0.39, 0.29) is 11.7 Å². The monoisotopic (exact) mass is 299 g/mol. The highest BCUT2D eigenvalue weighted by Gasteiger charge is 2.11. The standard InChI is InChI=1S/C17H21N3O2/c1-3-4-10-22-14-7-5-6-13(11-14)20-17(21)15-9-8-12(2)19-16(15)18/h5-9,11H,3-4,10H2,1-2H3,(H2,18,19)(H,20,21). The van der Waals surface area contributed by atoms with E-state index in [1.807, 2.05) is 25.1 Å². The summed E-state index contributed by atoms with van der Waals surface area (Å²) >= 11 is 0. The maximum Gasteiger partial charge on any atom is 0.259 e. The van der Waals surface area contributed by atoms with Crippen LogP contribution < -0.4 is 15.8 Å². The zero-order valence-corrected chi connectivity index (χ0v) is 12.9. The molecule has 2 rings (SSSR count). The SMILES string of the molecule is CCCCOc1cccc(NC(=O)c2ccc(C)nc2N)c1. The first-order valence-electron chi connectivity index (χ1n) is 7.37. The summed E-state index contributed by atoms with van der Waals surface area (Å²) in [5.41, 5.74) is 7.60. The van der Waals surface area contributed by atoms with E-state index in [1.165, 1.54) is 0 Å². The molecule has 0 fully saturated rings. The first-order chi connectivity index (χ1) is 10.6. The highest BCUT2D eigenvalue weighted by atomic mass is 16.5. The summed E-state index contributed by atoms with van der Waals surface area (Å²) < 4.78 is 5.63. The van der Waals surface area contributed by atoms with Crippen LogP contribution in [0.5, 0.6) is 5.75 Å². The first kappa shape index (κ1) is 15.8. The van der Waals surface area contributed by atoms with Gasteiger partial charge in [0, 0.05) is 17.4 Å². The number of nitrogens with zero attached hydrogens (tertiary/aromatic N) is 1. The molecule has 22 heavy (non-hydrogen) atoms. The largest absolute Gasteiger partial charge is 0.494 e. The molecule has 0 aliphatic rings. The summed E-state index contributed by atoms with van der Waals surface area (Å²) in [4.78, 5) is 16.3. The van der Waals surface area contributed by atoms with Crippen LogP contribution in [-0.2, 0) is 0 Å². The number of aryl methyl sites for hydroxylation is 1. The summed E-state index contributed by atoms with van der Waals surface area (Å²) in [7, 11) is 0. The van der Waals surface area contributed by atoms with Crippen LogP contribution in [-0.4, -0.2) is 17.5 Å². The Morgan fingerprint density at radius 3 is 2.86 bits per heavy atom. The number of amides is 1. The van der Waals surface area contributed by atoms with Gasteiger partial charge in [0.1, 0.15) is 11.6 Å². The summed E-state index contributed by atoms with van der Waals surface area (Å²) in [5, 5.41) is 2.81. The number of carbonyl (C=O) groups excluding carboxylic acids is 1. The molecule has 5 heteroatoms. The van der Waals surface area contributed by atoms with Crippen molar-refractivity contribution in [1.82, 2.24) is 4.98 Å². The van der Waals surface area contributed by atoms with E-state index in [9.17, 15) is 4.79 Å². The lowest BCUT2D eigenvalue weighted by molar-refractivity contribution is 0.102. The van der Waals surface area contributed by atoms with Crippen LogP contribution in [0, 0.1) is 6.92 Å². The number of nitrogens with two attached hydrogens (primary N) is 1. The number of rotatable bonds is 6. The number of carbonyl (C=O) groups is 1. The van der Waals surface area contributed by atoms with Crippen LogP contribution in [0.4, 0.5) is 11.5 Å². The third-order valence-corrected chi connectivity index (χ3v) is 3.17. The van der Waals surface area contributed by atoms with Gasteiger partial charge in [0.25, 0.3) is 5.91 Å². The maximum atomic E-state index is 12.2. The average Bonchev–Trinajstić information content (AvgIpc) is 2.47. The van der Waals surface area contributed by atoms with E-state index in [0.29, 0.717) is 17.9 Å². The molecule has 0 unspecified atom stereocenters. The van der Waals surface area contributed by atoms with Gasteiger partial charge in [-0.1, -0.05) is 19.4 Å². The van der Waals surface area contributed by atoms with Gasteiger partial charge in [0.2, 0.25) is 0 Å². The second-order valence-electron chi connectivity index (χ2n) is 5.07. The minimum atomic E-state index is -0.282. The van der Waals surface area contributed by atoms with Gasteiger partial charge < -0.3 is 15.8 Å². The highest BCUT2D eigenvalue weighted by molar-refractivity contribution is 6.07. The lowest BCUT2D eigenvalue weighted by Crippen LogP contribution is -2.15. The molecule has 2 aromatic rings. The fourth-order valence-electron chi connectivity index (χ4n) is 1.97. The van der Waals surface area contributed by atoms with Crippen LogP contribution >= 0.6 is 0 Å². The summed E-state index contributed by atoms with van der Waals surface area (Å²) in [6, 6.07) is 10.7. The third-order valence-electron chi connectivity index (χ3n) is 3.17. The quantitative estimate of drug-likeness (QED) is 0.801. The van der Waals surface area contributed by atoms with Crippen LogP contribution in [0.1, 0.15) is 35.8 Å². The maximum absolute atomic E-state index is 12.2. The fraction of sp³-hybridized carbons (Fsp3) is 0.294. The zero-order chi connectivity index (χ0) is 15.9. The molecule has 0 spiro atoms. The Morgan fingerprint density at radius 1 is 1.32 bits per heavy atom. The summed E-state index contributed by atoms with van der Waals surface area (Å²) in [6.07, 6.45) is 2.08. The van der Waals surface area contributed by atoms with Crippen LogP contribution in [0.3, 0.4) is 0 Å². The molecule has 0 saturated heterocycles. The molecule has 0 aliphatic carbocycles. The van der Waals surface area contributed by atoms with Crippen LogP contribution in [0.25, 0.3) is 0 Å². The predicted molar refractivity (Wildman–Crippen MR) is 88.2 cm³/mol. The van der Waals surface area contributed by atoms with Crippen LogP contribution in [0.2, 0.25) is 0 Å². The molecule has 0 saturated carbocycles. The smallest absolute Gasteiger partial charge is 0.259 e. The number of nitrogens with one attached hydrogen (secondary N) is 1. The average molecular weight is 299 g/mol. The zero-order valence-electron chi connectivity index (χ0n) is 12.9. The van der Waals surface area contributed by atoms with Crippen molar-refractivity contribution in [3.8, 4) is 5.75 Å². The van der Waals surface area contributed by atoms with Crippen molar-refractivity contribution in [2.45, 2.75) is 26.7 Å². The van der Waals surface area contributed by atoms with Crippen molar-refractivity contribution in [1.29, 1.82) is 0 Å². The van der Waals surface area contributed by atoms with Crippen molar-refractivity contribution >= 4 is 17.4 Å². The Kier molecular flexibility index (Phi) is 5.36. The minimum absolute atomic E-state index is 0.229. The number of aromatic nitrogens is 1. The first-order valence-corrected chi connectivity index (χ1v) is 7.37. The summed E-state index contributed by atoms with van der Waals surface area (Å²) in [5.74, 6) is 0.685.